The van der Waals surface area contributed by atoms with E-state index in [2.05, 4.69) is 27.8 Å². The van der Waals surface area contributed by atoms with Crippen molar-refractivity contribution in [2.24, 2.45) is 0 Å². The van der Waals surface area contributed by atoms with Crippen molar-refractivity contribution in [2.75, 3.05) is 6.54 Å². The molecule has 0 spiro atoms. The van der Waals surface area contributed by atoms with Gasteiger partial charge in [-0.2, -0.15) is 0 Å². The Bertz CT molecular complexity index is 1120. The molecule has 0 saturated carbocycles. The molecule has 8 heteroatoms. The summed E-state index contributed by atoms with van der Waals surface area (Å²) in [6.07, 6.45) is -0.593. The Morgan fingerprint density at radius 1 is 1.00 bits per heavy atom. The molecule has 2 aromatic carbocycles. The fourth-order valence-corrected chi connectivity index (χ4v) is 3.49. The second-order valence-corrected chi connectivity index (χ2v) is 9.58. The Balaban J connectivity index is 2.08. The number of rotatable bonds is 7. The van der Waals surface area contributed by atoms with Crippen LogP contribution in [0.4, 0.5) is 4.79 Å². The van der Waals surface area contributed by atoms with E-state index in [0.717, 1.165) is 22.3 Å². The monoisotopic (exact) mass is 493 g/mol. The largest absolute Gasteiger partial charge is 0.508 e. The Morgan fingerprint density at radius 3 is 2.19 bits per heavy atom. The second-order valence-electron chi connectivity index (χ2n) is 9.58. The van der Waals surface area contributed by atoms with Crippen LogP contribution in [0.15, 0.2) is 42.5 Å². The summed E-state index contributed by atoms with van der Waals surface area (Å²) >= 11 is 0. The minimum absolute atomic E-state index is 0.121. The maximum Gasteiger partial charge on any atom is 0.408 e. The summed E-state index contributed by atoms with van der Waals surface area (Å²) < 4.78 is 5.33. The maximum absolute atomic E-state index is 13.1. The third-order valence-electron chi connectivity index (χ3n) is 5.21. The van der Waals surface area contributed by atoms with Gasteiger partial charge < -0.3 is 25.8 Å². The van der Waals surface area contributed by atoms with Crippen LogP contribution in [0.3, 0.4) is 0 Å². The zero-order valence-corrected chi connectivity index (χ0v) is 21.7. The summed E-state index contributed by atoms with van der Waals surface area (Å²) in [5, 5.41) is 17.8. The van der Waals surface area contributed by atoms with Gasteiger partial charge in [-0.3, -0.25) is 9.59 Å². The van der Waals surface area contributed by atoms with Crippen molar-refractivity contribution in [3.8, 4) is 17.6 Å². The third-order valence-corrected chi connectivity index (χ3v) is 5.21. The van der Waals surface area contributed by atoms with Crippen molar-refractivity contribution in [1.29, 1.82) is 0 Å². The van der Waals surface area contributed by atoms with Gasteiger partial charge in [-0.05, 0) is 82.5 Å². The van der Waals surface area contributed by atoms with Crippen molar-refractivity contribution < 1.29 is 24.2 Å². The number of hydrogen-bond donors (Lipinski definition) is 4. The number of carbonyl (C=O) groups is 3. The molecule has 1 unspecified atom stereocenters. The first kappa shape index (κ1) is 28.2. The van der Waals surface area contributed by atoms with Gasteiger partial charge >= 0.3 is 6.09 Å². The summed E-state index contributed by atoms with van der Waals surface area (Å²) in [7, 11) is 0. The van der Waals surface area contributed by atoms with Crippen LogP contribution < -0.4 is 16.0 Å². The molecule has 4 N–H and O–H groups in total. The quantitative estimate of drug-likeness (QED) is 0.442. The van der Waals surface area contributed by atoms with Gasteiger partial charge in [0.15, 0.2) is 0 Å². The number of hydrogen-bond acceptors (Lipinski definition) is 5. The highest BCUT2D eigenvalue weighted by atomic mass is 16.6. The lowest BCUT2D eigenvalue weighted by Gasteiger charge is -2.25. The van der Waals surface area contributed by atoms with Gasteiger partial charge in [0.2, 0.25) is 11.8 Å². The highest BCUT2D eigenvalue weighted by Crippen LogP contribution is 2.22. The number of ether oxygens (including phenoxy) is 1. The van der Waals surface area contributed by atoms with Crippen LogP contribution in [0.2, 0.25) is 0 Å². The van der Waals surface area contributed by atoms with E-state index in [4.69, 9.17) is 4.74 Å². The number of phenols is 1. The van der Waals surface area contributed by atoms with E-state index >= 15 is 0 Å². The molecule has 0 bridgehead atoms. The lowest BCUT2D eigenvalue weighted by molar-refractivity contribution is -0.129. The Labute approximate surface area is 212 Å². The van der Waals surface area contributed by atoms with Gasteiger partial charge in [0, 0.05) is 12.0 Å². The molecule has 0 aliphatic heterocycles. The van der Waals surface area contributed by atoms with Gasteiger partial charge in [0.1, 0.15) is 23.4 Å². The van der Waals surface area contributed by atoms with Crippen LogP contribution in [0.1, 0.15) is 49.9 Å². The smallest absolute Gasteiger partial charge is 0.408 e. The maximum atomic E-state index is 13.1. The van der Waals surface area contributed by atoms with Crippen LogP contribution >= 0.6 is 0 Å². The van der Waals surface area contributed by atoms with Gasteiger partial charge in [0.25, 0.3) is 0 Å². The van der Waals surface area contributed by atoms with Crippen LogP contribution in [0.5, 0.6) is 5.75 Å². The molecule has 0 saturated heterocycles. The molecule has 0 radical (unpaired) electrons. The zero-order valence-electron chi connectivity index (χ0n) is 21.7. The first-order chi connectivity index (χ1) is 16.9. The summed E-state index contributed by atoms with van der Waals surface area (Å²) in [5.41, 5.74) is 2.45. The minimum Gasteiger partial charge on any atom is -0.508 e. The van der Waals surface area contributed by atoms with E-state index in [9.17, 15) is 19.5 Å². The fraction of sp³-hybridized carbons (Fsp3) is 0.393. The Morgan fingerprint density at radius 2 is 1.61 bits per heavy atom. The third kappa shape index (κ3) is 9.34. The number of carbonyl (C=O) groups excluding carboxylic acids is 3. The van der Waals surface area contributed by atoms with Crippen molar-refractivity contribution in [3.05, 3.63) is 64.7 Å². The van der Waals surface area contributed by atoms with E-state index in [1.54, 1.807) is 39.8 Å². The minimum atomic E-state index is -1.00. The topological polar surface area (TPSA) is 117 Å². The SMILES string of the molecule is Cc1cc(O)cc(C)c1CC(NC(=O)OC(C)(C)C)C(=O)N[C@H](C)C(=O)NCC#Cc1ccccc1. The van der Waals surface area contributed by atoms with Crippen LogP contribution in [-0.4, -0.2) is 47.2 Å². The van der Waals surface area contributed by atoms with Gasteiger partial charge in [-0.1, -0.05) is 30.0 Å². The number of aromatic hydroxyl groups is 1. The predicted octanol–water partition coefficient (Wildman–Crippen LogP) is 3.12. The van der Waals surface area contributed by atoms with Crippen LogP contribution in [0.25, 0.3) is 0 Å². The van der Waals surface area contributed by atoms with E-state index in [1.165, 1.54) is 0 Å². The van der Waals surface area contributed by atoms with Crippen molar-refractivity contribution >= 4 is 17.9 Å². The highest BCUT2D eigenvalue weighted by molar-refractivity contribution is 5.91. The van der Waals surface area contributed by atoms with Crippen LogP contribution in [-0.2, 0) is 20.7 Å². The van der Waals surface area contributed by atoms with Gasteiger partial charge in [-0.25, -0.2) is 4.79 Å². The molecule has 2 atom stereocenters. The molecule has 2 rings (SSSR count). The number of amides is 3. The van der Waals surface area contributed by atoms with Gasteiger partial charge in [0.05, 0.1) is 6.54 Å². The second kappa shape index (κ2) is 12.6. The molecule has 0 aromatic heterocycles. The molecule has 0 aliphatic rings. The molecule has 3 amide bonds. The van der Waals surface area contributed by atoms with Crippen molar-refractivity contribution in [3.63, 3.8) is 0 Å². The first-order valence-electron chi connectivity index (χ1n) is 11.8. The number of phenolic OH excluding ortho intramolecular Hbond substituents is 1. The summed E-state index contributed by atoms with van der Waals surface area (Å²) in [6.45, 7) is 10.5. The average Bonchev–Trinajstić information content (AvgIpc) is 2.77. The molecule has 8 nitrogen and oxygen atoms in total. The average molecular weight is 494 g/mol. The summed E-state index contributed by atoms with van der Waals surface area (Å²) in [5.74, 6) is 5.00. The van der Waals surface area contributed by atoms with E-state index in [0.29, 0.717) is 0 Å². The molecule has 192 valence electrons. The van der Waals surface area contributed by atoms with E-state index < -0.39 is 35.6 Å². The van der Waals surface area contributed by atoms with Crippen LogP contribution in [0, 0.1) is 25.7 Å². The molecule has 0 aliphatic carbocycles. The molecular formula is C28H35N3O5. The first-order valence-corrected chi connectivity index (χ1v) is 11.8. The Kier molecular flexibility index (Phi) is 9.92. The number of benzene rings is 2. The van der Waals surface area contributed by atoms with E-state index in [1.807, 2.05) is 44.2 Å². The summed E-state index contributed by atoms with van der Waals surface area (Å²) in [6, 6.07) is 10.7. The molecule has 0 fully saturated rings. The van der Waals surface area contributed by atoms with Crippen molar-refractivity contribution in [2.45, 2.75) is 65.6 Å². The Hall–Kier alpha value is -3.99. The lowest BCUT2D eigenvalue weighted by Crippen LogP contribution is -2.54. The molecular weight excluding hydrogens is 458 g/mol. The zero-order chi connectivity index (χ0) is 26.9. The number of aryl methyl sites for hydroxylation is 2. The highest BCUT2D eigenvalue weighted by Gasteiger charge is 2.28. The normalized spacial score (nSPS) is 12.4. The molecule has 2 aromatic rings. The fourth-order valence-electron chi connectivity index (χ4n) is 3.49. The van der Waals surface area contributed by atoms with E-state index in [-0.39, 0.29) is 18.7 Å². The van der Waals surface area contributed by atoms with Gasteiger partial charge in [-0.15, -0.1) is 0 Å². The number of alkyl carbamates (subject to hydrolysis) is 1. The summed E-state index contributed by atoms with van der Waals surface area (Å²) in [4.78, 5) is 38.1. The van der Waals surface area contributed by atoms with Crippen molar-refractivity contribution in [1.82, 2.24) is 16.0 Å². The molecule has 36 heavy (non-hydrogen) atoms. The number of nitrogens with one attached hydrogen (secondary N) is 3. The standard InChI is InChI=1S/C28H35N3O5/c1-18-15-22(32)16-19(2)23(18)17-24(31-27(35)36-28(4,5)6)26(34)30-20(3)25(33)29-14-10-13-21-11-8-7-9-12-21/h7-9,11-12,15-16,20,24,32H,14,17H2,1-6H3,(H,29,33)(H,30,34)(H,31,35)/t20-,24?/m1/s1. The molecule has 0 heterocycles. The predicted molar refractivity (Wildman–Crippen MR) is 138 cm³/mol. The lowest BCUT2D eigenvalue weighted by atomic mass is 9.95.